The van der Waals surface area contributed by atoms with Crippen molar-refractivity contribution >= 4 is 17.5 Å². The first-order valence-electron chi connectivity index (χ1n) is 8.97. The molecular weight excluding hydrogens is 350 g/mol. The van der Waals surface area contributed by atoms with E-state index in [1.165, 1.54) is 6.07 Å². The number of amides is 2. The second kappa shape index (κ2) is 7.86. The number of para-hydroxylation sites is 1. The summed E-state index contributed by atoms with van der Waals surface area (Å²) in [6.45, 7) is 4.22. The molecule has 2 aromatic carbocycles. The van der Waals surface area contributed by atoms with E-state index in [2.05, 4.69) is 0 Å². The molecule has 0 aliphatic carbocycles. The van der Waals surface area contributed by atoms with Crippen LogP contribution < -0.4 is 4.90 Å². The smallest absolute Gasteiger partial charge is 0.228 e. The Hall–Kier alpha value is -2.76. The predicted molar refractivity (Wildman–Crippen MR) is 98.9 cm³/mol. The van der Waals surface area contributed by atoms with Crippen molar-refractivity contribution in [1.29, 1.82) is 0 Å². The van der Waals surface area contributed by atoms with Crippen molar-refractivity contribution in [3.8, 4) is 0 Å². The molecule has 0 spiro atoms. The highest BCUT2D eigenvalue weighted by atomic mass is 19.1. The van der Waals surface area contributed by atoms with Crippen LogP contribution in [0.25, 0.3) is 0 Å². The van der Waals surface area contributed by atoms with Crippen LogP contribution in [0.4, 0.5) is 14.5 Å². The number of rotatable bonds is 5. The van der Waals surface area contributed by atoms with Gasteiger partial charge in [0, 0.05) is 25.6 Å². The van der Waals surface area contributed by atoms with Gasteiger partial charge in [0.05, 0.1) is 5.92 Å². The van der Waals surface area contributed by atoms with Gasteiger partial charge >= 0.3 is 0 Å². The topological polar surface area (TPSA) is 40.6 Å². The van der Waals surface area contributed by atoms with E-state index >= 15 is 0 Å². The quantitative estimate of drug-likeness (QED) is 0.802. The molecule has 0 bridgehead atoms. The Morgan fingerprint density at radius 2 is 1.74 bits per heavy atom. The standard InChI is InChI=1S/C21H22F2N2O2/c1-14(2)24(12-15-7-4-3-5-8-15)21(27)16-11-19(26)25(13-16)20-17(22)9-6-10-18(20)23/h3-10,14,16H,11-13H2,1-2H3. The molecule has 4 nitrogen and oxygen atoms in total. The van der Waals surface area contributed by atoms with Crippen LogP contribution in [-0.4, -0.2) is 29.3 Å². The van der Waals surface area contributed by atoms with Crippen LogP contribution in [0.3, 0.4) is 0 Å². The first-order valence-corrected chi connectivity index (χ1v) is 8.97. The summed E-state index contributed by atoms with van der Waals surface area (Å²) in [6, 6.07) is 13.0. The molecule has 2 amide bonds. The van der Waals surface area contributed by atoms with Gasteiger partial charge in [-0.1, -0.05) is 36.4 Å². The fraction of sp³-hybridized carbons (Fsp3) is 0.333. The molecular formula is C21H22F2N2O2. The van der Waals surface area contributed by atoms with Crippen LogP contribution in [0, 0.1) is 17.6 Å². The van der Waals surface area contributed by atoms with Gasteiger partial charge in [0.25, 0.3) is 0 Å². The monoisotopic (exact) mass is 372 g/mol. The minimum absolute atomic E-state index is 0.0203. The van der Waals surface area contributed by atoms with Gasteiger partial charge in [-0.25, -0.2) is 8.78 Å². The Kier molecular flexibility index (Phi) is 5.54. The van der Waals surface area contributed by atoms with E-state index in [1.54, 1.807) is 4.90 Å². The van der Waals surface area contributed by atoms with Crippen molar-refractivity contribution in [3.63, 3.8) is 0 Å². The second-order valence-electron chi connectivity index (χ2n) is 7.02. The summed E-state index contributed by atoms with van der Waals surface area (Å²) in [5.41, 5.74) is 0.609. The van der Waals surface area contributed by atoms with Gasteiger partial charge in [-0.05, 0) is 31.5 Å². The summed E-state index contributed by atoms with van der Waals surface area (Å²) in [5, 5.41) is 0. The van der Waals surface area contributed by atoms with Crippen molar-refractivity contribution in [2.24, 2.45) is 5.92 Å². The van der Waals surface area contributed by atoms with Gasteiger partial charge in [0.2, 0.25) is 11.8 Å². The minimum Gasteiger partial charge on any atom is -0.336 e. The number of nitrogens with zero attached hydrogens (tertiary/aromatic N) is 2. The lowest BCUT2D eigenvalue weighted by atomic mass is 10.1. The average molecular weight is 372 g/mol. The normalized spacial score (nSPS) is 16.9. The van der Waals surface area contributed by atoms with Crippen LogP contribution in [0.5, 0.6) is 0 Å². The zero-order valence-electron chi connectivity index (χ0n) is 15.4. The van der Waals surface area contributed by atoms with E-state index in [0.717, 1.165) is 22.6 Å². The van der Waals surface area contributed by atoms with E-state index in [-0.39, 0.29) is 30.6 Å². The van der Waals surface area contributed by atoms with E-state index in [9.17, 15) is 18.4 Å². The van der Waals surface area contributed by atoms with Crippen LogP contribution in [0.1, 0.15) is 25.8 Å². The van der Waals surface area contributed by atoms with Crippen molar-refractivity contribution in [3.05, 3.63) is 65.7 Å². The average Bonchev–Trinajstić information content (AvgIpc) is 3.01. The SMILES string of the molecule is CC(C)N(Cc1ccccc1)C(=O)C1CC(=O)N(c2c(F)cccc2F)C1. The van der Waals surface area contributed by atoms with E-state index in [4.69, 9.17) is 0 Å². The van der Waals surface area contributed by atoms with E-state index < -0.39 is 23.5 Å². The predicted octanol–water partition coefficient (Wildman–Crippen LogP) is 3.75. The molecule has 1 aliphatic rings. The number of carbonyl (C=O) groups is 2. The number of halogens is 2. The third kappa shape index (κ3) is 3.99. The summed E-state index contributed by atoms with van der Waals surface area (Å²) in [4.78, 5) is 28.2. The molecule has 0 N–H and O–H groups in total. The molecule has 1 atom stereocenters. The maximum atomic E-state index is 14.0. The lowest BCUT2D eigenvalue weighted by Crippen LogP contribution is -2.41. The Bertz CT molecular complexity index is 819. The molecule has 0 radical (unpaired) electrons. The van der Waals surface area contributed by atoms with Gasteiger partial charge in [-0.2, -0.15) is 0 Å². The van der Waals surface area contributed by atoms with Crippen molar-refractivity contribution in [1.82, 2.24) is 4.90 Å². The largest absolute Gasteiger partial charge is 0.336 e. The lowest BCUT2D eigenvalue weighted by Gasteiger charge is -2.29. The van der Waals surface area contributed by atoms with Crippen molar-refractivity contribution in [2.75, 3.05) is 11.4 Å². The van der Waals surface area contributed by atoms with Gasteiger partial charge in [-0.15, -0.1) is 0 Å². The van der Waals surface area contributed by atoms with Crippen molar-refractivity contribution < 1.29 is 18.4 Å². The first-order chi connectivity index (χ1) is 12.9. The number of anilines is 1. The Morgan fingerprint density at radius 3 is 2.33 bits per heavy atom. The summed E-state index contributed by atoms with van der Waals surface area (Å²) in [6.07, 6.45) is -0.0510. The molecule has 142 valence electrons. The van der Waals surface area contributed by atoms with Crippen molar-refractivity contribution in [2.45, 2.75) is 32.9 Å². The Balaban J connectivity index is 1.79. The van der Waals surface area contributed by atoms with Crippen LogP contribution in [-0.2, 0) is 16.1 Å². The molecule has 27 heavy (non-hydrogen) atoms. The van der Waals surface area contributed by atoms with Gasteiger partial charge < -0.3 is 9.80 Å². The summed E-state index contributed by atoms with van der Waals surface area (Å²) < 4.78 is 28.1. The van der Waals surface area contributed by atoms with Crippen LogP contribution >= 0.6 is 0 Å². The fourth-order valence-electron chi connectivity index (χ4n) is 3.37. The molecule has 1 aliphatic heterocycles. The lowest BCUT2D eigenvalue weighted by molar-refractivity contribution is -0.138. The van der Waals surface area contributed by atoms with Gasteiger partial charge in [-0.3, -0.25) is 9.59 Å². The van der Waals surface area contributed by atoms with E-state index in [0.29, 0.717) is 6.54 Å². The number of hydrogen-bond donors (Lipinski definition) is 0. The maximum Gasteiger partial charge on any atom is 0.228 e. The van der Waals surface area contributed by atoms with Gasteiger partial charge in [0.1, 0.15) is 17.3 Å². The third-order valence-electron chi connectivity index (χ3n) is 4.78. The minimum atomic E-state index is -0.804. The molecule has 1 saturated heterocycles. The number of hydrogen-bond acceptors (Lipinski definition) is 2. The Labute approximate surface area is 157 Å². The molecule has 1 unspecified atom stereocenters. The Morgan fingerprint density at radius 1 is 1.11 bits per heavy atom. The molecule has 0 aromatic heterocycles. The number of carbonyl (C=O) groups excluding carboxylic acids is 2. The maximum absolute atomic E-state index is 14.0. The van der Waals surface area contributed by atoms with Gasteiger partial charge in [0.15, 0.2) is 0 Å². The molecule has 0 saturated carbocycles. The molecule has 1 heterocycles. The molecule has 6 heteroatoms. The van der Waals surface area contributed by atoms with Crippen LogP contribution in [0.15, 0.2) is 48.5 Å². The second-order valence-corrected chi connectivity index (χ2v) is 7.02. The zero-order valence-corrected chi connectivity index (χ0v) is 15.4. The summed E-state index contributed by atoms with van der Waals surface area (Å²) in [5.74, 6) is -2.85. The first kappa shape index (κ1) is 19.0. The molecule has 1 fully saturated rings. The highest BCUT2D eigenvalue weighted by Crippen LogP contribution is 2.31. The highest BCUT2D eigenvalue weighted by molar-refractivity contribution is 6.00. The van der Waals surface area contributed by atoms with E-state index in [1.807, 2.05) is 44.2 Å². The third-order valence-corrected chi connectivity index (χ3v) is 4.78. The molecule has 3 rings (SSSR count). The fourth-order valence-corrected chi connectivity index (χ4v) is 3.37. The zero-order chi connectivity index (χ0) is 19.6. The molecule has 2 aromatic rings. The summed E-state index contributed by atoms with van der Waals surface area (Å²) in [7, 11) is 0. The summed E-state index contributed by atoms with van der Waals surface area (Å²) >= 11 is 0. The highest BCUT2D eigenvalue weighted by Gasteiger charge is 2.39. The van der Waals surface area contributed by atoms with Crippen LogP contribution in [0.2, 0.25) is 0 Å². The number of benzene rings is 2.